The van der Waals surface area contributed by atoms with Crippen molar-refractivity contribution >= 4 is 17.3 Å². The van der Waals surface area contributed by atoms with Crippen LogP contribution in [0.15, 0.2) is 18.2 Å². The smallest absolute Gasteiger partial charge is 0.0635 e. The predicted octanol–water partition coefficient (Wildman–Crippen LogP) is 3.34. The molecule has 16 heavy (non-hydrogen) atoms. The van der Waals surface area contributed by atoms with Crippen LogP contribution in [0.3, 0.4) is 0 Å². The number of nitrogens with one attached hydrogen (secondary N) is 1. The molecule has 1 fully saturated rings. The Kier molecular flexibility index (Phi) is 3.41. The van der Waals surface area contributed by atoms with Crippen molar-refractivity contribution in [3.8, 4) is 0 Å². The van der Waals surface area contributed by atoms with Gasteiger partial charge in [-0.15, -0.1) is 0 Å². The van der Waals surface area contributed by atoms with Crippen molar-refractivity contribution in [3.05, 3.63) is 28.8 Å². The molecule has 3 N–H and O–H groups in total. The highest BCUT2D eigenvalue weighted by molar-refractivity contribution is 6.33. The molecule has 0 bridgehead atoms. The minimum absolute atomic E-state index is 0.383. The standard InChI is InChI=1S/C13H19ClN2/c1-2-13(6-3-7-13)16-9-10-4-5-11(14)12(15)8-10/h4-5,8,16H,2-3,6-7,9,15H2,1H3. The number of benzene rings is 1. The molecule has 1 aliphatic rings. The van der Waals surface area contributed by atoms with Crippen molar-refractivity contribution in [3.63, 3.8) is 0 Å². The highest BCUT2D eigenvalue weighted by atomic mass is 35.5. The fourth-order valence-electron chi connectivity index (χ4n) is 2.25. The van der Waals surface area contributed by atoms with E-state index in [1.807, 2.05) is 18.2 Å². The molecule has 1 aliphatic carbocycles. The summed E-state index contributed by atoms with van der Waals surface area (Å²) in [6.45, 7) is 3.14. The summed E-state index contributed by atoms with van der Waals surface area (Å²) in [6.07, 6.45) is 5.15. The molecular weight excluding hydrogens is 220 g/mol. The normalized spacial score (nSPS) is 18.1. The summed E-state index contributed by atoms with van der Waals surface area (Å²) < 4.78 is 0. The Balaban J connectivity index is 1.96. The van der Waals surface area contributed by atoms with Gasteiger partial charge in [-0.1, -0.05) is 24.6 Å². The van der Waals surface area contributed by atoms with Crippen LogP contribution < -0.4 is 11.1 Å². The highest BCUT2D eigenvalue weighted by Gasteiger charge is 2.34. The molecule has 0 heterocycles. The third-order valence-corrected chi connectivity index (χ3v) is 4.06. The van der Waals surface area contributed by atoms with E-state index >= 15 is 0 Å². The zero-order chi connectivity index (χ0) is 11.6. The summed E-state index contributed by atoms with van der Waals surface area (Å²) in [5.74, 6) is 0. The van der Waals surface area contributed by atoms with Crippen LogP contribution in [-0.2, 0) is 6.54 Å². The summed E-state index contributed by atoms with van der Waals surface area (Å²) in [4.78, 5) is 0. The molecule has 0 radical (unpaired) electrons. The van der Waals surface area contributed by atoms with Gasteiger partial charge < -0.3 is 11.1 Å². The number of hydrogen-bond donors (Lipinski definition) is 2. The quantitative estimate of drug-likeness (QED) is 0.790. The second-order valence-corrected chi connectivity index (χ2v) is 5.10. The van der Waals surface area contributed by atoms with Crippen LogP contribution in [0, 0.1) is 0 Å². The minimum Gasteiger partial charge on any atom is -0.398 e. The SMILES string of the molecule is CCC1(NCc2ccc(Cl)c(N)c2)CCC1. The lowest BCUT2D eigenvalue weighted by atomic mass is 9.75. The van der Waals surface area contributed by atoms with Gasteiger partial charge in [-0.2, -0.15) is 0 Å². The van der Waals surface area contributed by atoms with Crippen molar-refractivity contribution < 1.29 is 0 Å². The molecule has 0 saturated heterocycles. The lowest BCUT2D eigenvalue weighted by Gasteiger charge is -2.42. The molecule has 1 aromatic rings. The molecule has 0 amide bonds. The van der Waals surface area contributed by atoms with Crippen molar-refractivity contribution in [2.45, 2.75) is 44.7 Å². The molecule has 0 spiro atoms. The van der Waals surface area contributed by atoms with E-state index in [2.05, 4.69) is 12.2 Å². The van der Waals surface area contributed by atoms with Crippen LogP contribution in [0.4, 0.5) is 5.69 Å². The van der Waals surface area contributed by atoms with Gasteiger partial charge in [0.1, 0.15) is 0 Å². The largest absolute Gasteiger partial charge is 0.398 e. The van der Waals surface area contributed by atoms with Crippen LogP contribution in [-0.4, -0.2) is 5.54 Å². The topological polar surface area (TPSA) is 38.0 Å². The van der Waals surface area contributed by atoms with Crippen LogP contribution in [0.5, 0.6) is 0 Å². The Labute approximate surface area is 102 Å². The first kappa shape index (κ1) is 11.7. The van der Waals surface area contributed by atoms with Crippen LogP contribution in [0.2, 0.25) is 5.02 Å². The summed E-state index contributed by atoms with van der Waals surface area (Å²) in [5, 5.41) is 4.28. The average molecular weight is 239 g/mol. The Morgan fingerprint density at radius 1 is 1.44 bits per heavy atom. The van der Waals surface area contributed by atoms with Gasteiger partial charge >= 0.3 is 0 Å². The third kappa shape index (κ3) is 2.33. The zero-order valence-corrected chi connectivity index (χ0v) is 10.5. The van der Waals surface area contributed by atoms with E-state index in [4.69, 9.17) is 17.3 Å². The van der Waals surface area contributed by atoms with Gasteiger partial charge in [-0.25, -0.2) is 0 Å². The second kappa shape index (κ2) is 4.64. The van der Waals surface area contributed by atoms with E-state index in [0.29, 0.717) is 16.2 Å². The number of hydrogen-bond acceptors (Lipinski definition) is 2. The maximum absolute atomic E-state index is 5.89. The van der Waals surface area contributed by atoms with Crippen molar-refractivity contribution in [2.24, 2.45) is 0 Å². The lowest BCUT2D eigenvalue weighted by Crippen LogP contribution is -2.49. The van der Waals surface area contributed by atoms with Gasteiger partial charge in [0, 0.05) is 12.1 Å². The lowest BCUT2D eigenvalue weighted by molar-refractivity contribution is 0.175. The second-order valence-electron chi connectivity index (χ2n) is 4.70. The Hall–Kier alpha value is -0.730. The fourth-order valence-corrected chi connectivity index (χ4v) is 2.37. The first-order valence-corrected chi connectivity index (χ1v) is 6.32. The number of nitrogens with two attached hydrogens (primary N) is 1. The number of halogens is 1. The summed E-state index contributed by atoms with van der Waals surface area (Å²) in [7, 11) is 0. The molecular formula is C13H19ClN2. The first-order chi connectivity index (χ1) is 7.65. The molecule has 0 unspecified atom stereocenters. The van der Waals surface area contributed by atoms with Crippen LogP contribution in [0.1, 0.15) is 38.2 Å². The Morgan fingerprint density at radius 2 is 2.19 bits per heavy atom. The van der Waals surface area contributed by atoms with Gasteiger partial charge in [-0.3, -0.25) is 0 Å². The maximum Gasteiger partial charge on any atom is 0.0635 e. The minimum atomic E-state index is 0.383. The van der Waals surface area contributed by atoms with Crippen LogP contribution in [0.25, 0.3) is 0 Å². The van der Waals surface area contributed by atoms with E-state index in [0.717, 1.165) is 6.54 Å². The van der Waals surface area contributed by atoms with Crippen molar-refractivity contribution in [1.82, 2.24) is 5.32 Å². The molecule has 3 heteroatoms. The molecule has 0 aromatic heterocycles. The van der Waals surface area contributed by atoms with E-state index < -0.39 is 0 Å². The van der Waals surface area contributed by atoms with E-state index in [1.54, 1.807) is 0 Å². The summed E-state index contributed by atoms with van der Waals surface area (Å²) >= 11 is 5.89. The van der Waals surface area contributed by atoms with Gasteiger partial charge in [0.2, 0.25) is 0 Å². The van der Waals surface area contributed by atoms with Crippen LogP contribution >= 0.6 is 11.6 Å². The zero-order valence-electron chi connectivity index (χ0n) is 9.72. The number of rotatable bonds is 4. The molecule has 1 saturated carbocycles. The first-order valence-electron chi connectivity index (χ1n) is 5.94. The van der Waals surface area contributed by atoms with Gasteiger partial charge in [0.15, 0.2) is 0 Å². The predicted molar refractivity (Wildman–Crippen MR) is 69.6 cm³/mol. The summed E-state index contributed by atoms with van der Waals surface area (Å²) in [6, 6.07) is 5.86. The number of nitrogen functional groups attached to an aromatic ring is 1. The third-order valence-electron chi connectivity index (χ3n) is 3.72. The van der Waals surface area contributed by atoms with E-state index in [9.17, 15) is 0 Å². The van der Waals surface area contributed by atoms with Gasteiger partial charge in [0.25, 0.3) is 0 Å². The molecule has 2 nitrogen and oxygen atoms in total. The molecule has 1 aromatic carbocycles. The van der Waals surface area contributed by atoms with E-state index in [-0.39, 0.29) is 0 Å². The fraction of sp³-hybridized carbons (Fsp3) is 0.538. The molecule has 0 atom stereocenters. The van der Waals surface area contributed by atoms with Gasteiger partial charge in [0.05, 0.1) is 10.7 Å². The average Bonchev–Trinajstić information content (AvgIpc) is 2.22. The van der Waals surface area contributed by atoms with E-state index in [1.165, 1.54) is 31.2 Å². The summed E-state index contributed by atoms with van der Waals surface area (Å²) in [5.41, 5.74) is 8.04. The molecule has 0 aliphatic heterocycles. The van der Waals surface area contributed by atoms with Crippen molar-refractivity contribution in [1.29, 1.82) is 0 Å². The molecule has 88 valence electrons. The maximum atomic E-state index is 5.89. The number of anilines is 1. The Morgan fingerprint density at radius 3 is 2.69 bits per heavy atom. The Bertz CT molecular complexity index is 367. The van der Waals surface area contributed by atoms with Gasteiger partial charge in [-0.05, 0) is 43.4 Å². The monoisotopic (exact) mass is 238 g/mol. The van der Waals surface area contributed by atoms with Crippen molar-refractivity contribution in [2.75, 3.05) is 5.73 Å². The molecule has 2 rings (SSSR count). The highest BCUT2D eigenvalue weighted by Crippen LogP contribution is 2.35.